The van der Waals surface area contributed by atoms with Crippen LogP contribution in [0.4, 0.5) is 23.8 Å². The Kier molecular flexibility index (Phi) is 9.73. The van der Waals surface area contributed by atoms with Gasteiger partial charge in [0.25, 0.3) is 0 Å². The van der Waals surface area contributed by atoms with Crippen LogP contribution in [-0.4, -0.2) is 150 Å². The minimum absolute atomic E-state index is 0.0430. The number of aromatic nitrogens is 3. The molecule has 2 unspecified atom stereocenters. The van der Waals surface area contributed by atoms with Crippen LogP contribution in [0.25, 0.3) is 32.9 Å². The van der Waals surface area contributed by atoms with Crippen LogP contribution in [0.5, 0.6) is 11.8 Å². The quantitative estimate of drug-likeness (QED) is 0.171. The van der Waals surface area contributed by atoms with Crippen LogP contribution in [0, 0.1) is 24.0 Å². The molecule has 2 bridgehead atoms. The lowest BCUT2D eigenvalue weighted by Gasteiger charge is -2.42. The molecule has 5 aliphatic rings. The number of terminal acetylenes is 1. The highest BCUT2D eigenvalue weighted by molar-refractivity contribution is 6.03. The number of aromatic hydroxyl groups is 1. The zero-order valence-corrected chi connectivity index (χ0v) is 31.0. The van der Waals surface area contributed by atoms with Gasteiger partial charge < -0.3 is 44.6 Å². The molecule has 18 heteroatoms. The third-order valence-electron chi connectivity index (χ3n) is 12.4. The second kappa shape index (κ2) is 14.7. The number of benzene rings is 2. The lowest BCUT2D eigenvalue weighted by molar-refractivity contribution is -0.286. The highest BCUT2D eigenvalue weighted by Crippen LogP contribution is 2.43. The molecule has 58 heavy (non-hydrogen) atoms. The molecule has 9 atom stereocenters. The average molecular weight is 807 g/mol. The number of piperazine rings is 1. The maximum absolute atomic E-state index is 17.1. The van der Waals surface area contributed by atoms with Gasteiger partial charge in [0.05, 0.1) is 28.6 Å². The van der Waals surface area contributed by atoms with Crippen LogP contribution in [0.2, 0.25) is 0 Å². The first-order chi connectivity index (χ1) is 27.9. The van der Waals surface area contributed by atoms with E-state index in [1.807, 2.05) is 4.90 Å². The molecule has 306 valence electrons. The van der Waals surface area contributed by atoms with Crippen molar-refractivity contribution in [1.82, 2.24) is 24.8 Å². The first-order valence-corrected chi connectivity index (χ1v) is 19.2. The van der Waals surface area contributed by atoms with Gasteiger partial charge in [-0.15, -0.1) is 6.42 Å². The smallest absolute Gasteiger partial charge is 0.410 e. The van der Waals surface area contributed by atoms with Crippen molar-refractivity contribution >= 4 is 33.6 Å². The van der Waals surface area contributed by atoms with E-state index < -0.39 is 78.8 Å². The number of carbonyl (C=O) groups excluding carboxylic acids is 1. The highest BCUT2D eigenvalue weighted by atomic mass is 19.1. The minimum Gasteiger partial charge on any atom is -0.508 e. The Bertz CT molecular complexity index is 2320. The molecule has 0 radical (unpaired) electrons. The van der Waals surface area contributed by atoms with Gasteiger partial charge in [-0.1, -0.05) is 12.0 Å². The summed E-state index contributed by atoms with van der Waals surface area (Å²) in [5.74, 6) is 0.768. The van der Waals surface area contributed by atoms with Crippen molar-refractivity contribution in [3.63, 3.8) is 0 Å². The van der Waals surface area contributed by atoms with Gasteiger partial charge in [0.2, 0.25) is 0 Å². The summed E-state index contributed by atoms with van der Waals surface area (Å²) in [6.45, 7) is 1.05. The summed E-state index contributed by atoms with van der Waals surface area (Å²) in [4.78, 5) is 32.7. The number of halogens is 3. The molecule has 15 nitrogen and oxygen atoms in total. The van der Waals surface area contributed by atoms with E-state index >= 15 is 4.39 Å². The third kappa shape index (κ3) is 6.40. The fourth-order valence-corrected chi connectivity index (χ4v) is 9.59. The van der Waals surface area contributed by atoms with Gasteiger partial charge in [-0.2, -0.15) is 9.97 Å². The van der Waals surface area contributed by atoms with E-state index in [0.29, 0.717) is 31.2 Å². The predicted molar refractivity (Wildman–Crippen MR) is 199 cm³/mol. The van der Waals surface area contributed by atoms with E-state index in [1.165, 1.54) is 30.5 Å². The molecular weight excluding hydrogens is 765 g/mol. The number of fused-ring (bicyclic) bond motifs is 5. The molecule has 0 aliphatic carbocycles. The van der Waals surface area contributed by atoms with Gasteiger partial charge in [-0.3, -0.25) is 14.8 Å². The van der Waals surface area contributed by atoms with Crippen LogP contribution >= 0.6 is 0 Å². The molecule has 4 aromatic rings. The minimum atomic E-state index is -1.79. The van der Waals surface area contributed by atoms with Crippen molar-refractivity contribution in [3.8, 4) is 35.4 Å². The topological polar surface area (TPSA) is 194 Å². The Morgan fingerprint density at radius 1 is 1.05 bits per heavy atom. The average Bonchev–Trinajstić information content (AvgIpc) is 3.83. The summed E-state index contributed by atoms with van der Waals surface area (Å²) in [6, 6.07) is 4.29. The number of hydrogen-bond acceptors (Lipinski definition) is 14. The summed E-state index contributed by atoms with van der Waals surface area (Å²) in [6.07, 6.45) is 0.274. The molecule has 1 amide bonds. The van der Waals surface area contributed by atoms with Crippen molar-refractivity contribution in [2.45, 2.75) is 86.6 Å². The number of phenolic OH excluding ortho intramolecular Hbond substituents is 1. The Balaban J connectivity index is 1.05. The van der Waals surface area contributed by atoms with Crippen LogP contribution < -0.4 is 9.64 Å². The van der Waals surface area contributed by atoms with Crippen LogP contribution in [-0.2, 0) is 9.47 Å². The number of ether oxygens (including phenoxy) is 3. The molecule has 9 rings (SSSR count). The number of carbonyl (C=O) groups is 1. The van der Waals surface area contributed by atoms with Crippen molar-refractivity contribution in [2.75, 3.05) is 44.3 Å². The maximum atomic E-state index is 17.1. The first kappa shape index (κ1) is 38.5. The van der Waals surface area contributed by atoms with Gasteiger partial charge in [0.15, 0.2) is 12.1 Å². The van der Waals surface area contributed by atoms with E-state index in [0.717, 1.165) is 13.0 Å². The molecular formula is C40H41F3N6O9. The number of aliphatic hydroxyl groups is 4. The molecule has 7 heterocycles. The number of rotatable bonds is 7. The largest absolute Gasteiger partial charge is 0.508 e. The standard InChI is InChI=1S/C40H41F3N6O9/c1-2-24-27(42)7-4-19-10-23(50)11-25(29(19)24)31-30(43)32-26(13-44-31)36(46-38(45-32)57-18-40-8-3-9-48(40)14-20(41)12-40)47-15-21-5-6-22(16-47)49(21)39(55)56-17-28-33(51)34(52)35(53)37(54)58-28/h1,4,7,10-11,13,20-22,28,33-35,37,50-54H,3,5-6,8-9,12,14-18H2/t20-,21?,22?,28-,33-,34+,35-,37-,40+/m1/s1. The van der Waals surface area contributed by atoms with Crippen LogP contribution in [0.1, 0.15) is 37.7 Å². The third-order valence-corrected chi connectivity index (χ3v) is 12.4. The molecule has 5 saturated heterocycles. The maximum Gasteiger partial charge on any atom is 0.410 e. The van der Waals surface area contributed by atoms with E-state index in [4.69, 9.17) is 25.6 Å². The van der Waals surface area contributed by atoms with Crippen molar-refractivity contribution in [1.29, 1.82) is 0 Å². The Morgan fingerprint density at radius 3 is 2.59 bits per heavy atom. The summed E-state index contributed by atoms with van der Waals surface area (Å²) in [5.41, 5.74) is -1.08. The Morgan fingerprint density at radius 2 is 1.83 bits per heavy atom. The van der Waals surface area contributed by atoms with E-state index in [9.17, 15) is 39.1 Å². The van der Waals surface area contributed by atoms with Gasteiger partial charge >= 0.3 is 12.1 Å². The SMILES string of the molecule is C#Cc1c(F)ccc2cc(O)cc(-c3ncc4c(N5CC6CCC(C5)N6C(=O)OC[C@H]5O[C@@H](O)[C@H](O)[C@@H](O)[C@@H]5O)nc(OC[C@@]56CCCN5C[C@H](F)C6)nc4c3F)c12. The van der Waals surface area contributed by atoms with E-state index in [2.05, 4.69) is 20.8 Å². The highest BCUT2D eigenvalue weighted by Gasteiger charge is 2.50. The fourth-order valence-electron chi connectivity index (χ4n) is 9.59. The number of phenols is 1. The van der Waals surface area contributed by atoms with Crippen molar-refractivity contribution in [2.24, 2.45) is 0 Å². The van der Waals surface area contributed by atoms with E-state index in [1.54, 1.807) is 4.90 Å². The summed E-state index contributed by atoms with van der Waals surface area (Å²) in [5, 5.41) is 51.4. The monoisotopic (exact) mass is 806 g/mol. The lowest BCUT2D eigenvalue weighted by atomic mass is 9.95. The zero-order valence-electron chi connectivity index (χ0n) is 31.0. The Hall–Kier alpha value is -5.03. The van der Waals surface area contributed by atoms with Gasteiger partial charge in [-0.05, 0) is 55.8 Å². The van der Waals surface area contributed by atoms with Crippen LogP contribution in [0.3, 0.4) is 0 Å². The first-order valence-electron chi connectivity index (χ1n) is 19.2. The number of aliphatic hydroxyl groups excluding tert-OH is 4. The second-order valence-corrected chi connectivity index (χ2v) is 15.8. The van der Waals surface area contributed by atoms with Gasteiger partial charge in [0.1, 0.15) is 72.4 Å². The van der Waals surface area contributed by atoms with Gasteiger partial charge in [-0.25, -0.2) is 18.0 Å². The van der Waals surface area contributed by atoms with Crippen molar-refractivity contribution in [3.05, 3.63) is 47.7 Å². The van der Waals surface area contributed by atoms with Crippen LogP contribution in [0.15, 0.2) is 30.5 Å². The fraction of sp³-hybridized carbons (Fsp3) is 0.500. The summed E-state index contributed by atoms with van der Waals surface area (Å²) in [7, 11) is 0. The molecule has 0 spiro atoms. The predicted octanol–water partition coefficient (Wildman–Crippen LogP) is 2.35. The molecule has 5 aliphatic heterocycles. The molecule has 0 saturated carbocycles. The Labute approximate surface area is 329 Å². The number of anilines is 1. The summed E-state index contributed by atoms with van der Waals surface area (Å²) >= 11 is 0. The normalized spacial score (nSPS) is 30.9. The van der Waals surface area contributed by atoms with Crippen molar-refractivity contribution < 1.29 is 57.7 Å². The number of hydrogen-bond donors (Lipinski definition) is 5. The zero-order chi connectivity index (χ0) is 40.6. The molecule has 2 aromatic heterocycles. The van der Waals surface area contributed by atoms with E-state index in [-0.39, 0.29) is 76.8 Å². The molecule has 5 N–H and O–H groups in total. The number of amides is 1. The number of nitrogens with zero attached hydrogens (tertiary/aromatic N) is 6. The van der Waals surface area contributed by atoms with Gasteiger partial charge in [0, 0.05) is 43.2 Å². The number of pyridine rings is 1. The summed E-state index contributed by atoms with van der Waals surface area (Å²) < 4.78 is 63.6. The lowest BCUT2D eigenvalue weighted by Crippen LogP contribution is -2.59. The second-order valence-electron chi connectivity index (χ2n) is 15.8. The number of alkyl halides is 1. The molecule has 2 aromatic carbocycles. The molecule has 5 fully saturated rings.